The molecule has 0 heterocycles. The zero-order chi connectivity index (χ0) is 13.3. The minimum atomic E-state index is -2.47. The smallest absolute Gasteiger partial charge is 0.462 e. The van der Waals surface area contributed by atoms with Crippen LogP contribution in [0.25, 0.3) is 0 Å². The second kappa shape index (κ2) is 8.41. The fourth-order valence-electron chi connectivity index (χ4n) is 1.29. The molecule has 0 saturated carbocycles. The second-order valence-electron chi connectivity index (χ2n) is 3.67. The zero-order valence-electron chi connectivity index (χ0n) is 11.1. The van der Waals surface area contributed by atoms with Gasteiger partial charge in [-0.3, -0.25) is 0 Å². The van der Waals surface area contributed by atoms with E-state index in [9.17, 15) is 4.79 Å². The minimum absolute atomic E-state index is 0.348. The topological polar surface area (TPSA) is 54.0 Å². The summed E-state index contributed by atoms with van der Waals surface area (Å²) >= 11 is 0. The normalized spacial score (nSPS) is 11.3. The van der Waals surface area contributed by atoms with E-state index in [1.54, 1.807) is 28.3 Å². The summed E-state index contributed by atoms with van der Waals surface area (Å²) < 4.78 is 20.8. The predicted octanol–water partition coefficient (Wildman–Crippen LogP) is 1.76. The lowest BCUT2D eigenvalue weighted by Gasteiger charge is -2.24. The first-order chi connectivity index (χ1) is 8.01. The summed E-state index contributed by atoms with van der Waals surface area (Å²) in [6, 6.07) is 0.709. The summed E-state index contributed by atoms with van der Waals surface area (Å²) in [4.78, 5) is 11.1. The maximum absolute atomic E-state index is 11.1. The number of esters is 1. The highest BCUT2D eigenvalue weighted by molar-refractivity contribution is 6.60. The molecule has 0 aliphatic rings. The van der Waals surface area contributed by atoms with Crippen molar-refractivity contribution < 1.29 is 22.8 Å². The van der Waals surface area contributed by atoms with Gasteiger partial charge in [0.05, 0.1) is 6.61 Å². The molecule has 0 radical (unpaired) electrons. The van der Waals surface area contributed by atoms with E-state index in [4.69, 9.17) is 18.0 Å². The first kappa shape index (κ1) is 16.3. The molecule has 0 spiro atoms. The number of hydrogen-bond acceptors (Lipinski definition) is 5. The van der Waals surface area contributed by atoms with Gasteiger partial charge in [-0.05, 0) is 19.8 Å². The van der Waals surface area contributed by atoms with E-state index in [0.29, 0.717) is 18.2 Å². The Kier molecular flexibility index (Phi) is 8.06. The molecule has 0 atom stereocenters. The molecule has 0 N–H and O–H groups in total. The van der Waals surface area contributed by atoms with Crippen molar-refractivity contribution in [3.8, 4) is 0 Å². The van der Waals surface area contributed by atoms with Crippen LogP contribution in [-0.2, 0) is 22.8 Å². The molecular weight excluding hydrogens is 240 g/mol. The Labute approximate surface area is 104 Å². The number of hydrogen-bond donors (Lipinski definition) is 0. The van der Waals surface area contributed by atoms with E-state index < -0.39 is 8.80 Å². The van der Waals surface area contributed by atoms with Crippen molar-refractivity contribution in [2.45, 2.75) is 25.8 Å². The molecule has 17 heavy (non-hydrogen) atoms. The van der Waals surface area contributed by atoms with Gasteiger partial charge in [-0.2, -0.15) is 0 Å². The van der Waals surface area contributed by atoms with Gasteiger partial charge in [0.1, 0.15) is 0 Å². The minimum Gasteiger partial charge on any atom is -0.462 e. The van der Waals surface area contributed by atoms with Crippen molar-refractivity contribution in [2.75, 3.05) is 27.9 Å². The third-order valence-corrected chi connectivity index (χ3v) is 5.22. The summed E-state index contributed by atoms with van der Waals surface area (Å²) in [5.41, 5.74) is 0.416. The summed E-state index contributed by atoms with van der Waals surface area (Å²) in [6.07, 6.45) is 1.58. The van der Waals surface area contributed by atoms with Crippen LogP contribution in [0.2, 0.25) is 6.04 Å². The zero-order valence-corrected chi connectivity index (χ0v) is 12.1. The molecule has 0 aliphatic carbocycles. The number of unbranched alkanes of at least 4 members (excludes halogenated alkanes) is 1. The largest absolute Gasteiger partial charge is 0.500 e. The SMILES string of the molecule is C=C(C)C(=O)OCCCC[Si](OC)(OC)OC. The van der Waals surface area contributed by atoms with Crippen LogP contribution in [0, 0.1) is 0 Å². The van der Waals surface area contributed by atoms with Gasteiger partial charge in [-0.25, -0.2) is 4.79 Å². The Morgan fingerprint density at radius 3 is 2.06 bits per heavy atom. The molecule has 0 rings (SSSR count). The molecule has 100 valence electrons. The number of rotatable bonds is 9. The maximum Gasteiger partial charge on any atom is 0.500 e. The average molecular weight is 262 g/mol. The summed E-state index contributed by atoms with van der Waals surface area (Å²) in [5.74, 6) is -0.348. The molecule has 0 unspecified atom stereocenters. The van der Waals surface area contributed by atoms with Gasteiger partial charge >= 0.3 is 14.8 Å². The highest BCUT2D eigenvalue weighted by Gasteiger charge is 2.36. The lowest BCUT2D eigenvalue weighted by atomic mass is 10.3. The van der Waals surface area contributed by atoms with E-state index in [2.05, 4.69) is 6.58 Å². The first-order valence-corrected chi connectivity index (χ1v) is 7.42. The highest BCUT2D eigenvalue weighted by atomic mass is 28.4. The lowest BCUT2D eigenvalue weighted by Crippen LogP contribution is -2.42. The fourth-order valence-corrected chi connectivity index (χ4v) is 3.08. The summed E-state index contributed by atoms with van der Waals surface area (Å²) in [7, 11) is 2.28. The van der Waals surface area contributed by atoms with Crippen LogP contribution in [-0.4, -0.2) is 42.7 Å². The van der Waals surface area contributed by atoms with Crippen LogP contribution in [0.4, 0.5) is 0 Å². The molecule has 6 heteroatoms. The van der Waals surface area contributed by atoms with Gasteiger partial charge in [0, 0.05) is 32.9 Å². The molecule has 0 aromatic heterocycles. The van der Waals surface area contributed by atoms with Gasteiger partial charge in [0.25, 0.3) is 0 Å². The molecule has 0 fully saturated rings. The number of carbonyl (C=O) groups excluding carboxylic acids is 1. The summed E-state index contributed by atoms with van der Waals surface area (Å²) in [5, 5.41) is 0. The van der Waals surface area contributed by atoms with Crippen LogP contribution >= 0.6 is 0 Å². The molecule has 0 bridgehead atoms. The predicted molar refractivity (Wildman–Crippen MR) is 66.6 cm³/mol. The average Bonchev–Trinajstić information content (AvgIpc) is 2.34. The van der Waals surface area contributed by atoms with E-state index in [-0.39, 0.29) is 5.97 Å². The molecule has 0 aromatic rings. The van der Waals surface area contributed by atoms with Crippen LogP contribution in [0.1, 0.15) is 19.8 Å². The van der Waals surface area contributed by atoms with E-state index in [0.717, 1.165) is 12.8 Å². The van der Waals surface area contributed by atoms with Gasteiger partial charge in [0.2, 0.25) is 0 Å². The van der Waals surface area contributed by atoms with E-state index in [1.807, 2.05) is 0 Å². The first-order valence-electron chi connectivity index (χ1n) is 5.49. The molecule has 0 amide bonds. The van der Waals surface area contributed by atoms with Crippen molar-refractivity contribution in [3.63, 3.8) is 0 Å². The third-order valence-electron chi connectivity index (χ3n) is 2.39. The number of ether oxygens (including phenoxy) is 1. The molecular formula is C11H22O5Si. The third kappa shape index (κ3) is 5.97. The standard InChI is InChI=1S/C11H22O5Si/c1-10(2)11(12)16-8-6-7-9-17(13-3,14-4)15-5/h1,6-9H2,2-5H3. The Bertz CT molecular complexity index is 242. The van der Waals surface area contributed by atoms with Gasteiger partial charge < -0.3 is 18.0 Å². The number of carbonyl (C=O) groups is 1. The summed E-state index contributed by atoms with van der Waals surface area (Å²) in [6.45, 7) is 5.51. The van der Waals surface area contributed by atoms with Gasteiger partial charge in [0.15, 0.2) is 0 Å². The molecule has 0 aliphatic heterocycles. The van der Waals surface area contributed by atoms with E-state index >= 15 is 0 Å². The molecule has 0 saturated heterocycles. The van der Waals surface area contributed by atoms with Crippen molar-refractivity contribution >= 4 is 14.8 Å². The van der Waals surface area contributed by atoms with E-state index in [1.165, 1.54) is 0 Å². The van der Waals surface area contributed by atoms with Gasteiger partial charge in [-0.1, -0.05) is 6.58 Å². The maximum atomic E-state index is 11.1. The van der Waals surface area contributed by atoms with Crippen molar-refractivity contribution in [3.05, 3.63) is 12.2 Å². The van der Waals surface area contributed by atoms with Crippen LogP contribution < -0.4 is 0 Å². The van der Waals surface area contributed by atoms with Crippen molar-refractivity contribution in [1.29, 1.82) is 0 Å². The monoisotopic (exact) mass is 262 g/mol. The molecule has 0 aromatic carbocycles. The second-order valence-corrected chi connectivity index (χ2v) is 6.76. The molecule has 5 nitrogen and oxygen atoms in total. The Morgan fingerprint density at radius 2 is 1.65 bits per heavy atom. The Balaban J connectivity index is 3.76. The van der Waals surface area contributed by atoms with Crippen molar-refractivity contribution in [1.82, 2.24) is 0 Å². The van der Waals surface area contributed by atoms with Crippen LogP contribution in [0.15, 0.2) is 12.2 Å². The highest BCUT2D eigenvalue weighted by Crippen LogP contribution is 2.16. The van der Waals surface area contributed by atoms with Crippen molar-refractivity contribution in [2.24, 2.45) is 0 Å². The fraction of sp³-hybridized carbons (Fsp3) is 0.727. The Morgan fingerprint density at radius 1 is 1.12 bits per heavy atom. The van der Waals surface area contributed by atoms with Gasteiger partial charge in [-0.15, -0.1) is 0 Å². The van der Waals surface area contributed by atoms with Crippen LogP contribution in [0.5, 0.6) is 0 Å². The quantitative estimate of drug-likeness (QED) is 0.274. The lowest BCUT2D eigenvalue weighted by molar-refractivity contribution is -0.139. The Hall–Kier alpha value is -0.693. The van der Waals surface area contributed by atoms with Crippen LogP contribution in [0.3, 0.4) is 0 Å².